The fourth-order valence-electron chi connectivity index (χ4n) is 1.86. The van der Waals surface area contributed by atoms with Gasteiger partial charge < -0.3 is 25.4 Å². The van der Waals surface area contributed by atoms with Crippen LogP contribution < -0.4 is 20.7 Å². The Morgan fingerprint density at radius 3 is 3.00 bits per heavy atom. The minimum Gasteiger partial charge on any atom is -0.464 e. The van der Waals surface area contributed by atoms with E-state index in [0.29, 0.717) is 31.7 Å². The van der Waals surface area contributed by atoms with Crippen LogP contribution in [0.3, 0.4) is 0 Å². The molecule has 0 radical (unpaired) electrons. The van der Waals surface area contributed by atoms with E-state index in [1.54, 1.807) is 11.9 Å². The topological polar surface area (TPSA) is 115 Å². The zero-order valence-electron chi connectivity index (χ0n) is 11.5. The summed E-state index contributed by atoms with van der Waals surface area (Å²) in [6.45, 7) is 3.46. The van der Waals surface area contributed by atoms with E-state index in [1.165, 1.54) is 0 Å². The van der Waals surface area contributed by atoms with E-state index < -0.39 is 11.9 Å². The summed E-state index contributed by atoms with van der Waals surface area (Å²) in [5, 5.41) is 2.83. The zero-order valence-corrected chi connectivity index (χ0v) is 11.5. The van der Waals surface area contributed by atoms with Gasteiger partial charge in [0.2, 0.25) is 17.8 Å². The first kappa shape index (κ1) is 14.3. The average molecular weight is 282 g/mol. The van der Waals surface area contributed by atoms with Crippen LogP contribution in [0.1, 0.15) is 6.92 Å². The SMILES string of the molecule is CCOc1nc(NC)nc(N2CCOCC2C(N)=O)n1. The second-order valence-electron chi connectivity index (χ2n) is 4.11. The Balaban J connectivity index is 2.33. The highest BCUT2D eigenvalue weighted by Gasteiger charge is 2.30. The average Bonchev–Trinajstić information content (AvgIpc) is 2.47. The van der Waals surface area contributed by atoms with Crippen molar-refractivity contribution in [2.75, 3.05) is 43.6 Å². The van der Waals surface area contributed by atoms with Gasteiger partial charge in [0.05, 0.1) is 19.8 Å². The molecule has 1 aromatic heterocycles. The fourth-order valence-corrected chi connectivity index (χ4v) is 1.86. The molecule has 2 heterocycles. The van der Waals surface area contributed by atoms with Gasteiger partial charge in [0.1, 0.15) is 6.04 Å². The molecule has 0 aliphatic carbocycles. The number of nitrogens with zero attached hydrogens (tertiary/aromatic N) is 4. The highest BCUT2D eigenvalue weighted by molar-refractivity contribution is 5.83. The monoisotopic (exact) mass is 282 g/mol. The normalized spacial score (nSPS) is 18.7. The molecule has 0 bridgehead atoms. The summed E-state index contributed by atoms with van der Waals surface area (Å²) in [6.07, 6.45) is 0. The highest BCUT2D eigenvalue weighted by Crippen LogP contribution is 2.19. The van der Waals surface area contributed by atoms with Gasteiger partial charge in [-0.25, -0.2) is 0 Å². The van der Waals surface area contributed by atoms with E-state index in [9.17, 15) is 4.79 Å². The molecule has 1 aromatic rings. The number of carbonyl (C=O) groups is 1. The molecule has 1 unspecified atom stereocenters. The maximum atomic E-state index is 11.5. The van der Waals surface area contributed by atoms with Gasteiger partial charge in [-0.15, -0.1) is 0 Å². The molecule has 1 aliphatic heterocycles. The fraction of sp³-hybridized carbons (Fsp3) is 0.636. The summed E-state index contributed by atoms with van der Waals surface area (Å²) in [7, 11) is 1.69. The molecule has 0 aromatic carbocycles. The van der Waals surface area contributed by atoms with E-state index in [4.69, 9.17) is 15.2 Å². The van der Waals surface area contributed by atoms with Crippen LogP contribution in [0.4, 0.5) is 11.9 Å². The lowest BCUT2D eigenvalue weighted by Gasteiger charge is -2.33. The smallest absolute Gasteiger partial charge is 0.323 e. The number of aromatic nitrogens is 3. The second-order valence-corrected chi connectivity index (χ2v) is 4.11. The van der Waals surface area contributed by atoms with Crippen LogP contribution in [-0.4, -0.2) is 60.3 Å². The molecular weight excluding hydrogens is 264 g/mol. The summed E-state index contributed by atoms with van der Waals surface area (Å²) in [5.74, 6) is 0.238. The molecule has 9 nitrogen and oxygen atoms in total. The summed E-state index contributed by atoms with van der Waals surface area (Å²) >= 11 is 0. The van der Waals surface area contributed by atoms with Gasteiger partial charge in [-0.3, -0.25) is 4.79 Å². The third-order valence-electron chi connectivity index (χ3n) is 2.81. The Hall–Kier alpha value is -2.16. The van der Waals surface area contributed by atoms with Crippen LogP contribution in [-0.2, 0) is 9.53 Å². The van der Waals surface area contributed by atoms with Gasteiger partial charge in [0, 0.05) is 13.6 Å². The van der Waals surface area contributed by atoms with Crippen LogP contribution >= 0.6 is 0 Å². The summed E-state index contributed by atoms with van der Waals surface area (Å²) in [4.78, 5) is 25.7. The van der Waals surface area contributed by atoms with Crippen molar-refractivity contribution in [2.45, 2.75) is 13.0 Å². The summed E-state index contributed by atoms with van der Waals surface area (Å²) < 4.78 is 10.6. The molecule has 1 atom stereocenters. The number of amides is 1. The van der Waals surface area contributed by atoms with E-state index in [0.717, 1.165) is 0 Å². The molecule has 1 saturated heterocycles. The largest absolute Gasteiger partial charge is 0.464 e. The Labute approximate surface area is 116 Å². The van der Waals surface area contributed by atoms with Gasteiger partial charge in [-0.2, -0.15) is 15.0 Å². The number of rotatable bonds is 5. The molecule has 20 heavy (non-hydrogen) atoms. The first-order valence-electron chi connectivity index (χ1n) is 6.36. The van der Waals surface area contributed by atoms with Gasteiger partial charge >= 0.3 is 6.01 Å². The van der Waals surface area contributed by atoms with Crippen molar-refractivity contribution in [3.05, 3.63) is 0 Å². The predicted octanol–water partition coefficient (Wildman–Crippen LogP) is -0.997. The van der Waals surface area contributed by atoms with Crippen molar-refractivity contribution < 1.29 is 14.3 Å². The van der Waals surface area contributed by atoms with Crippen molar-refractivity contribution in [2.24, 2.45) is 5.73 Å². The van der Waals surface area contributed by atoms with Crippen molar-refractivity contribution >= 4 is 17.8 Å². The minimum atomic E-state index is -0.592. The quantitative estimate of drug-likeness (QED) is 0.706. The molecule has 9 heteroatoms. The predicted molar refractivity (Wildman–Crippen MR) is 71.7 cm³/mol. The van der Waals surface area contributed by atoms with Crippen LogP contribution in [0.2, 0.25) is 0 Å². The Bertz CT molecular complexity index is 483. The molecule has 1 amide bonds. The lowest BCUT2D eigenvalue weighted by Crippen LogP contribution is -2.53. The van der Waals surface area contributed by atoms with Gasteiger partial charge in [0.15, 0.2) is 0 Å². The first-order chi connectivity index (χ1) is 9.65. The van der Waals surface area contributed by atoms with E-state index in [1.807, 2.05) is 6.92 Å². The molecule has 0 spiro atoms. The molecular formula is C11H18N6O3. The van der Waals surface area contributed by atoms with Crippen LogP contribution in [0.25, 0.3) is 0 Å². The third kappa shape index (κ3) is 3.05. The summed E-state index contributed by atoms with van der Waals surface area (Å²) in [5.41, 5.74) is 5.38. The number of anilines is 2. The van der Waals surface area contributed by atoms with Crippen molar-refractivity contribution in [3.8, 4) is 6.01 Å². The number of nitrogens with one attached hydrogen (secondary N) is 1. The second kappa shape index (κ2) is 6.33. The van der Waals surface area contributed by atoms with Crippen molar-refractivity contribution in [1.29, 1.82) is 0 Å². The standard InChI is InChI=1S/C11H18N6O3/c1-3-20-11-15-9(13-2)14-10(16-11)17-4-5-19-6-7(17)8(12)18/h7H,3-6H2,1-2H3,(H2,12,18)(H,13,14,15,16). The maximum Gasteiger partial charge on any atom is 0.323 e. The zero-order chi connectivity index (χ0) is 14.5. The van der Waals surface area contributed by atoms with E-state index in [2.05, 4.69) is 20.3 Å². The van der Waals surface area contributed by atoms with Gasteiger partial charge in [0.25, 0.3) is 0 Å². The Kier molecular flexibility index (Phi) is 4.51. The highest BCUT2D eigenvalue weighted by atomic mass is 16.5. The van der Waals surface area contributed by atoms with E-state index >= 15 is 0 Å². The molecule has 0 saturated carbocycles. The number of hydrogen-bond acceptors (Lipinski definition) is 8. The van der Waals surface area contributed by atoms with Crippen molar-refractivity contribution in [3.63, 3.8) is 0 Å². The molecule has 110 valence electrons. The van der Waals surface area contributed by atoms with Crippen molar-refractivity contribution in [1.82, 2.24) is 15.0 Å². The number of primary amides is 1. The number of ether oxygens (including phenoxy) is 2. The van der Waals surface area contributed by atoms with Crippen LogP contribution in [0, 0.1) is 0 Å². The number of hydrogen-bond donors (Lipinski definition) is 2. The molecule has 1 fully saturated rings. The molecule has 3 N–H and O–H groups in total. The van der Waals surface area contributed by atoms with E-state index in [-0.39, 0.29) is 12.6 Å². The van der Waals surface area contributed by atoms with Crippen LogP contribution in [0.5, 0.6) is 6.01 Å². The molecule has 1 aliphatic rings. The van der Waals surface area contributed by atoms with Gasteiger partial charge in [-0.05, 0) is 6.92 Å². The number of carbonyl (C=O) groups excluding carboxylic acids is 1. The number of nitrogens with two attached hydrogens (primary N) is 1. The van der Waals surface area contributed by atoms with Crippen LogP contribution in [0.15, 0.2) is 0 Å². The maximum absolute atomic E-state index is 11.5. The summed E-state index contributed by atoms with van der Waals surface area (Å²) in [6, 6.07) is -0.387. The van der Waals surface area contributed by atoms with Gasteiger partial charge in [-0.1, -0.05) is 0 Å². The Morgan fingerprint density at radius 1 is 1.55 bits per heavy atom. The minimum absolute atomic E-state index is 0.205. The number of morpholine rings is 1. The molecule has 2 rings (SSSR count). The lowest BCUT2D eigenvalue weighted by molar-refractivity contribution is -0.121. The Morgan fingerprint density at radius 2 is 2.35 bits per heavy atom. The lowest BCUT2D eigenvalue weighted by atomic mass is 10.2. The first-order valence-corrected chi connectivity index (χ1v) is 6.36. The third-order valence-corrected chi connectivity index (χ3v) is 2.81.